The van der Waals surface area contributed by atoms with Crippen LogP contribution in [0.3, 0.4) is 0 Å². The molecule has 0 saturated carbocycles. The smallest absolute Gasteiger partial charge is 0.253 e. The third kappa shape index (κ3) is 6.86. The van der Waals surface area contributed by atoms with E-state index in [1.165, 1.54) is 0 Å². The zero-order valence-electron chi connectivity index (χ0n) is 30.8. The van der Waals surface area contributed by atoms with E-state index in [9.17, 15) is 9.59 Å². The number of hydrogen-bond donors (Lipinski definition) is 3. The number of aromatic amines is 1. The van der Waals surface area contributed by atoms with Crippen molar-refractivity contribution in [2.24, 2.45) is 5.73 Å². The molecule has 0 saturated heterocycles. The maximum absolute atomic E-state index is 14.0. The molecule has 0 spiro atoms. The van der Waals surface area contributed by atoms with Crippen LogP contribution in [0.2, 0.25) is 0 Å². The van der Waals surface area contributed by atoms with Gasteiger partial charge < -0.3 is 25.2 Å². The van der Waals surface area contributed by atoms with Crippen molar-refractivity contribution >= 4 is 56.2 Å². The van der Waals surface area contributed by atoms with E-state index >= 15 is 0 Å². The Bertz CT molecular complexity index is 2340. The third-order valence-electron chi connectivity index (χ3n) is 10.2. The van der Waals surface area contributed by atoms with Crippen molar-refractivity contribution in [2.75, 3.05) is 6.54 Å². The van der Waals surface area contributed by atoms with Gasteiger partial charge in [0.25, 0.3) is 5.91 Å². The van der Waals surface area contributed by atoms with E-state index in [-0.39, 0.29) is 35.3 Å². The molecule has 2 amide bonds. The Morgan fingerprint density at radius 2 is 1.63 bits per heavy atom. The van der Waals surface area contributed by atoms with Crippen molar-refractivity contribution < 1.29 is 26.7 Å². The van der Waals surface area contributed by atoms with Crippen LogP contribution in [0.5, 0.6) is 0 Å². The Morgan fingerprint density at radius 3 is 2.29 bits per heavy atom. The van der Waals surface area contributed by atoms with Gasteiger partial charge in [-0.1, -0.05) is 25.3 Å². The molecule has 6 rings (SSSR count). The van der Waals surface area contributed by atoms with Gasteiger partial charge in [-0.25, -0.2) is 15.0 Å². The fourth-order valence-corrected chi connectivity index (χ4v) is 7.31. The Kier molecular flexibility index (Phi) is 11.4. The molecule has 2 aliphatic heterocycles. The number of hydrogen-bond acceptors (Lipinski definition) is 5. The van der Waals surface area contributed by atoms with Crippen LogP contribution in [-0.4, -0.2) is 47.4 Å². The summed E-state index contributed by atoms with van der Waals surface area (Å²) < 4.78 is 4.25. The topological polar surface area (TPSA) is 137 Å². The quantitative estimate of drug-likeness (QED) is 0.109. The van der Waals surface area contributed by atoms with Crippen LogP contribution in [0, 0.1) is 20.8 Å². The third-order valence-corrected chi connectivity index (χ3v) is 10.2. The number of nitrogens with zero attached hydrogens (tertiary/aromatic N) is 5. The first-order valence-electron chi connectivity index (χ1n) is 17.4. The zero-order chi connectivity index (χ0) is 36.6. The van der Waals surface area contributed by atoms with Gasteiger partial charge in [0.15, 0.2) is 0 Å². The molecular formula is C41H46FeN8O2. The van der Waals surface area contributed by atoms with E-state index in [4.69, 9.17) is 15.7 Å². The molecule has 0 atom stereocenters. The number of nitrogens with two attached hydrogens (primary N) is 1. The summed E-state index contributed by atoms with van der Waals surface area (Å²) in [5.41, 5.74) is 20.5. The molecule has 4 N–H and O–H groups in total. The van der Waals surface area contributed by atoms with Gasteiger partial charge >= 0.3 is 0 Å². The molecule has 6 heterocycles. The first kappa shape index (κ1) is 38.0. The predicted octanol–water partition coefficient (Wildman–Crippen LogP) is 7.40. The average molecular weight is 739 g/mol. The predicted molar refractivity (Wildman–Crippen MR) is 207 cm³/mol. The molecule has 4 aromatic rings. The summed E-state index contributed by atoms with van der Waals surface area (Å²) in [6, 6.07) is 6.06. The minimum Gasteiger partial charge on any atom is -0.370 e. The maximum Gasteiger partial charge on any atom is 0.253 e. The summed E-state index contributed by atoms with van der Waals surface area (Å²) in [5, 5.41) is 3.16. The van der Waals surface area contributed by atoms with E-state index in [2.05, 4.69) is 59.8 Å². The summed E-state index contributed by atoms with van der Waals surface area (Å²) in [5.74, 6) is -0.528. The second kappa shape index (κ2) is 15.6. The summed E-state index contributed by atoms with van der Waals surface area (Å²) in [6.07, 6.45) is 10.4. The van der Waals surface area contributed by atoms with Gasteiger partial charge in [-0.3, -0.25) is 9.59 Å². The molecule has 4 aromatic heterocycles. The maximum atomic E-state index is 14.0. The fourth-order valence-electron chi connectivity index (χ4n) is 7.31. The number of fused-ring (bicyclic) bond motifs is 8. The van der Waals surface area contributed by atoms with Gasteiger partial charge in [0.1, 0.15) is 0 Å². The number of imidazole rings is 1. The van der Waals surface area contributed by atoms with Crippen LogP contribution in [-0.2, 0) is 41.4 Å². The first-order chi connectivity index (χ1) is 24.5. The number of nitrogens with one attached hydrogen (secondary N) is 2. The van der Waals surface area contributed by atoms with Gasteiger partial charge in [0, 0.05) is 88.8 Å². The molecule has 2 aliphatic rings. The number of allylic oxidation sites excluding steroid dienone is 6. The van der Waals surface area contributed by atoms with Gasteiger partial charge in [0.2, 0.25) is 5.91 Å². The number of carbonyl (C=O) groups is 2. The SMILES string of the molecule is C=CC1=C(C)c2cc3nc(c(CCC(N)=O)c4c(C)c(C)c(cc5[nH]c(cc1n2)c(C)c5C(=O)NCCCn1ccnc1)n4CC)C(C)=C3C=C.[Fe]. The van der Waals surface area contributed by atoms with Crippen molar-refractivity contribution in [3.05, 3.63) is 113 Å². The molecule has 270 valence electrons. The second-order valence-electron chi connectivity index (χ2n) is 13.2. The standard InChI is InChI=1S/C41H46N8O2.Fe/c1-9-28-25(6)31-19-34-29(10-2)26(7)39(47-34)30(13-14-37(42)50)40-24(5)23(4)36(49(40)11-3)21-35-38(27(8)32(46-35)20-33(28)45-31)41(51)44-15-12-17-48-18-16-43-22-48;/h9-10,16,18-22,46H,1-2,11-15,17H2,3-8H3,(H2,42,50)(H,44,51);. The molecule has 0 aromatic carbocycles. The largest absolute Gasteiger partial charge is 0.370 e. The van der Waals surface area contributed by atoms with Crippen molar-refractivity contribution in [3.8, 4) is 0 Å². The number of rotatable bonds is 11. The van der Waals surface area contributed by atoms with Crippen LogP contribution in [0.4, 0.5) is 0 Å². The molecule has 10 nitrogen and oxygen atoms in total. The first-order valence-corrected chi connectivity index (χ1v) is 17.4. The molecule has 11 heteroatoms. The minimum absolute atomic E-state index is 0. The van der Waals surface area contributed by atoms with E-state index in [1.807, 2.05) is 55.8 Å². The normalized spacial score (nSPS) is 12.6. The Labute approximate surface area is 315 Å². The zero-order valence-corrected chi connectivity index (χ0v) is 31.9. The van der Waals surface area contributed by atoms with E-state index < -0.39 is 0 Å². The summed E-state index contributed by atoms with van der Waals surface area (Å²) in [7, 11) is 0. The molecule has 0 fully saturated rings. The summed E-state index contributed by atoms with van der Waals surface area (Å²) >= 11 is 0. The van der Waals surface area contributed by atoms with Crippen LogP contribution >= 0.6 is 0 Å². The van der Waals surface area contributed by atoms with Gasteiger partial charge in [0.05, 0.1) is 40.2 Å². The van der Waals surface area contributed by atoms with Gasteiger partial charge in [-0.2, -0.15) is 0 Å². The Balaban J connectivity index is 0.00000523. The van der Waals surface area contributed by atoms with E-state index in [0.717, 1.165) is 96.8 Å². The van der Waals surface area contributed by atoms with Crippen molar-refractivity contribution in [1.82, 2.24) is 34.4 Å². The number of aromatic nitrogens is 6. The number of aryl methyl sites for hydroxylation is 6. The van der Waals surface area contributed by atoms with Crippen molar-refractivity contribution in [2.45, 2.75) is 73.9 Å². The fraction of sp³-hybridized carbons (Fsp3) is 0.293. The average Bonchev–Trinajstić information content (AvgIpc) is 3.90. The molecular weight excluding hydrogens is 692 g/mol. The molecule has 8 bridgehead atoms. The summed E-state index contributed by atoms with van der Waals surface area (Å²) in [4.78, 5) is 44.2. The van der Waals surface area contributed by atoms with Gasteiger partial charge in [-0.15, -0.1) is 0 Å². The molecule has 52 heavy (non-hydrogen) atoms. The Hall–Kier alpha value is -5.25. The van der Waals surface area contributed by atoms with Gasteiger partial charge in [-0.05, 0) is 100 Å². The van der Waals surface area contributed by atoms with Crippen LogP contribution in [0.1, 0.15) is 89.0 Å². The van der Waals surface area contributed by atoms with E-state index in [0.29, 0.717) is 30.6 Å². The number of carbonyl (C=O) groups excluding carboxylic acids is 2. The second-order valence-corrected chi connectivity index (χ2v) is 13.2. The van der Waals surface area contributed by atoms with Crippen molar-refractivity contribution in [1.29, 1.82) is 0 Å². The number of primary amides is 1. The van der Waals surface area contributed by atoms with Crippen LogP contribution in [0.15, 0.2) is 62.2 Å². The number of H-pyrrole nitrogens is 1. The van der Waals surface area contributed by atoms with Crippen LogP contribution < -0.4 is 11.1 Å². The molecule has 0 aliphatic carbocycles. The van der Waals surface area contributed by atoms with Crippen molar-refractivity contribution in [3.63, 3.8) is 0 Å². The Morgan fingerprint density at radius 1 is 0.923 bits per heavy atom. The molecule has 0 unspecified atom stereocenters. The summed E-state index contributed by atoms with van der Waals surface area (Å²) in [6.45, 7) is 22.5. The molecule has 0 radical (unpaired) electrons. The van der Waals surface area contributed by atoms with Crippen LogP contribution in [0.25, 0.3) is 44.4 Å². The monoisotopic (exact) mass is 738 g/mol. The minimum atomic E-state index is -0.377. The number of amides is 2. The van der Waals surface area contributed by atoms with E-state index in [1.54, 1.807) is 12.5 Å².